The van der Waals surface area contributed by atoms with Crippen LogP contribution < -0.4 is 0 Å². The van der Waals surface area contributed by atoms with Crippen LogP contribution in [-0.2, 0) is 9.47 Å². The topological polar surface area (TPSA) is 38.7 Å². The number of hydrogen-bond acceptors (Lipinski definition) is 3. The van der Waals surface area contributed by atoms with Gasteiger partial charge in [0.05, 0.1) is 19.8 Å². The summed E-state index contributed by atoms with van der Waals surface area (Å²) in [6.45, 7) is 1.07. The van der Waals surface area contributed by atoms with E-state index in [9.17, 15) is 0 Å². The first-order chi connectivity index (χ1) is 6.90. The highest BCUT2D eigenvalue weighted by atomic mass is 16.6. The van der Waals surface area contributed by atoms with Gasteiger partial charge in [-0.05, 0) is 5.56 Å². The van der Waals surface area contributed by atoms with Gasteiger partial charge >= 0.3 is 0 Å². The molecule has 0 aliphatic carbocycles. The molecule has 0 saturated carbocycles. The van der Waals surface area contributed by atoms with Gasteiger partial charge in [0.25, 0.3) is 0 Å². The van der Waals surface area contributed by atoms with E-state index in [1.807, 2.05) is 30.3 Å². The van der Waals surface area contributed by atoms with E-state index in [2.05, 4.69) is 0 Å². The predicted octanol–water partition coefficient (Wildman–Crippen LogP) is 1.14. The van der Waals surface area contributed by atoms with Crippen molar-refractivity contribution in [1.29, 1.82) is 0 Å². The Hall–Kier alpha value is -0.900. The number of aliphatic hydroxyl groups excluding tert-OH is 1. The average Bonchev–Trinajstić information content (AvgIpc) is 2.30. The van der Waals surface area contributed by atoms with Gasteiger partial charge in [0, 0.05) is 0 Å². The molecule has 1 fully saturated rings. The van der Waals surface area contributed by atoms with Crippen molar-refractivity contribution >= 4 is 0 Å². The summed E-state index contributed by atoms with van der Waals surface area (Å²) in [5.41, 5.74) is 1.10. The van der Waals surface area contributed by atoms with Crippen molar-refractivity contribution in [3.63, 3.8) is 0 Å². The minimum atomic E-state index is -0.186. The summed E-state index contributed by atoms with van der Waals surface area (Å²) < 4.78 is 11.0. The Balaban J connectivity index is 2.04. The van der Waals surface area contributed by atoms with Crippen LogP contribution in [0.25, 0.3) is 0 Å². The second-order valence-electron chi connectivity index (χ2n) is 3.38. The molecule has 1 saturated heterocycles. The Morgan fingerprint density at radius 1 is 1.21 bits per heavy atom. The predicted molar refractivity (Wildman–Crippen MR) is 52.0 cm³/mol. The van der Waals surface area contributed by atoms with Gasteiger partial charge in [-0.1, -0.05) is 30.3 Å². The van der Waals surface area contributed by atoms with Crippen molar-refractivity contribution in [2.45, 2.75) is 12.2 Å². The maximum Gasteiger partial charge on any atom is 0.106 e. The molecule has 76 valence electrons. The quantitative estimate of drug-likeness (QED) is 0.767. The third kappa shape index (κ3) is 2.12. The molecule has 0 amide bonds. The normalized spacial score (nSPS) is 27.5. The molecular formula is C11H14O3. The molecule has 0 radical (unpaired) electrons. The Labute approximate surface area is 83.3 Å². The van der Waals surface area contributed by atoms with Crippen LogP contribution >= 0.6 is 0 Å². The van der Waals surface area contributed by atoms with E-state index in [-0.39, 0.29) is 18.8 Å². The van der Waals surface area contributed by atoms with E-state index < -0.39 is 0 Å². The van der Waals surface area contributed by atoms with Crippen molar-refractivity contribution in [3.05, 3.63) is 35.9 Å². The molecule has 2 rings (SSSR count). The highest BCUT2D eigenvalue weighted by Gasteiger charge is 2.23. The molecule has 1 aromatic rings. The maximum atomic E-state index is 8.95. The summed E-state index contributed by atoms with van der Waals surface area (Å²) >= 11 is 0. The van der Waals surface area contributed by atoms with Gasteiger partial charge in [-0.15, -0.1) is 0 Å². The Kier molecular flexibility index (Phi) is 3.14. The summed E-state index contributed by atoms with van der Waals surface area (Å²) in [6, 6.07) is 9.93. The summed E-state index contributed by atoms with van der Waals surface area (Å²) in [5, 5.41) is 8.95. The van der Waals surface area contributed by atoms with Crippen LogP contribution in [0.5, 0.6) is 0 Å². The largest absolute Gasteiger partial charge is 0.394 e. The van der Waals surface area contributed by atoms with E-state index >= 15 is 0 Å². The molecule has 14 heavy (non-hydrogen) atoms. The zero-order valence-electron chi connectivity index (χ0n) is 7.93. The maximum absolute atomic E-state index is 8.95. The Bertz CT molecular complexity index is 273. The summed E-state index contributed by atoms with van der Waals surface area (Å²) in [6.07, 6.45) is -0.226. The SMILES string of the molecule is OCC1COCC(c2ccccc2)O1. The fraction of sp³-hybridized carbons (Fsp3) is 0.455. The third-order valence-electron chi connectivity index (χ3n) is 2.30. The van der Waals surface area contributed by atoms with Crippen molar-refractivity contribution in [1.82, 2.24) is 0 Å². The first-order valence-corrected chi connectivity index (χ1v) is 4.79. The molecule has 0 bridgehead atoms. The van der Waals surface area contributed by atoms with Crippen LogP contribution in [0, 0.1) is 0 Å². The lowest BCUT2D eigenvalue weighted by Gasteiger charge is -2.29. The van der Waals surface area contributed by atoms with E-state index in [4.69, 9.17) is 14.6 Å². The first-order valence-electron chi connectivity index (χ1n) is 4.79. The zero-order chi connectivity index (χ0) is 9.80. The van der Waals surface area contributed by atoms with Crippen molar-refractivity contribution in [3.8, 4) is 0 Å². The molecule has 0 spiro atoms. The third-order valence-corrected chi connectivity index (χ3v) is 2.30. The lowest BCUT2D eigenvalue weighted by molar-refractivity contribution is -0.152. The molecular weight excluding hydrogens is 180 g/mol. The molecule has 1 N–H and O–H groups in total. The standard InChI is InChI=1S/C11H14O3/c12-6-10-7-13-8-11(14-10)9-4-2-1-3-5-9/h1-5,10-12H,6-8H2. The fourth-order valence-electron chi connectivity index (χ4n) is 1.56. The highest BCUT2D eigenvalue weighted by molar-refractivity contribution is 5.17. The van der Waals surface area contributed by atoms with Gasteiger partial charge in [-0.2, -0.15) is 0 Å². The van der Waals surface area contributed by atoms with Gasteiger partial charge in [0.15, 0.2) is 0 Å². The second kappa shape index (κ2) is 4.55. The van der Waals surface area contributed by atoms with Crippen LogP contribution in [0.4, 0.5) is 0 Å². The molecule has 1 heterocycles. The Morgan fingerprint density at radius 2 is 2.00 bits per heavy atom. The fourth-order valence-corrected chi connectivity index (χ4v) is 1.56. The first kappa shape index (κ1) is 9.65. The lowest BCUT2D eigenvalue weighted by atomic mass is 10.1. The van der Waals surface area contributed by atoms with E-state index in [1.54, 1.807) is 0 Å². The van der Waals surface area contributed by atoms with E-state index in [0.717, 1.165) is 5.56 Å². The highest BCUT2D eigenvalue weighted by Crippen LogP contribution is 2.22. The molecule has 2 atom stereocenters. The van der Waals surface area contributed by atoms with Gasteiger partial charge < -0.3 is 14.6 Å². The van der Waals surface area contributed by atoms with Gasteiger partial charge in [-0.3, -0.25) is 0 Å². The van der Waals surface area contributed by atoms with E-state index in [0.29, 0.717) is 13.2 Å². The molecule has 3 heteroatoms. The molecule has 1 aromatic carbocycles. The van der Waals surface area contributed by atoms with Gasteiger partial charge in [0.1, 0.15) is 12.2 Å². The van der Waals surface area contributed by atoms with Crippen LogP contribution in [0.2, 0.25) is 0 Å². The number of benzene rings is 1. The minimum absolute atomic E-state index is 0.0172. The number of aliphatic hydroxyl groups is 1. The molecule has 1 aliphatic heterocycles. The van der Waals surface area contributed by atoms with Gasteiger partial charge in [-0.25, -0.2) is 0 Å². The molecule has 0 aromatic heterocycles. The molecule has 3 nitrogen and oxygen atoms in total. The number of hydrogen-bond donors (Lipinski definition) is 1. The summed E-state index contributed by atoms with van der Waals surface area (Å²) in [7, 11) is 0. The van der Waals surface area contributed by atoms with Crippen LogP contribution in [0.3, 0.4) is 0 Å². The number of rotatable bonds is 2. The molecule has 2 unspecified atom stereocenters. The van der Waals surface area contributed by atoms with Crippen molar-refractivity contribution < 1.29 is 14.6 Å². The van der Waals surface area contributed by atoms with Crippen molar-refractivity contribution in [2.24, 2.45) is 0 Å². The van der Waals surface area contributed by atoms with E-state index in [1.165, 1.54) is 0 Å². The van der Waals surface area contributed by atoms with Crippen LogP contribution in [-0.4, -0.2) is 31.0 Å². The Morgan fingerprint density at radius 3 is 2.71 bits per heavy atom. The van der Waals surface area contributed by atoms with Crippen LogP contribution in [0.15, 0.2) is 30.3 Å². The smallest absolute Gasteiger partial charge is 0.106 e. The van der Waals surface area contributed by atoms with Crippen molar-refractivity contribution in [2.75, 3.05) is 19.8 Å². The molecule has 1 aliphatic rings. The zero-order valence-corrected chi connectivity index (χ0v) is 7.93. The lowest BCUT2D eigenvalue weighted by Crippen LogP contribution is -2.33. The monoisotopic (exact) mass is 194 g/mol. The minimum Gasteiger partial charge on any atom is -0.394 e. The van der Waals surface area contributed by atoms with Gasteiger partial charge in [0.2, 0.25) is 0 Å². The number of ether oxygens (including phenoxy) is 2. The second-order valence-corrected chi connectivity index (χ2v) is 3.38. The van der Waals surface area contributed by atoms with Crippen LogP contribution in [0.1, 0.15) is 11.7 Å². The summed E-state index contributed by atoms with van der Waals surface area (Å²) in [5.74, 6) is 0. The average molecular weight is 194 g/mol. The summed E-state index contributed by atoms with van der Waals surface area (Å²) in [4.78, 5) is 0.